The molecule has 0 radical (unpaired) electrons. The summed E-state index contributed by atoms with van der Waals surface area (Å²) in [6.45, 7) is 4.33. The van der Waals surface area contributed by atoms with Crippen LogP contribution in [0.3, 0.4) is 0 Å². The fraction of sp³-hybridized carbons (Fsp3) is 0.467. The third-order valence-electron chi connectivity index (χ3n) is 3.77. The Hall–Kier alpha value is -2.48. The van der Waals surface area contributed by atoms with Crippen LogP contribution in [0.5, 0.6) is 0 Å². The zero-order valence-electron chi connectivity index (χ0n) is 13.2. The number of piperazine rings is 1. The van der Waals surface area contributed by atoms with Gasteiger partial charge in [-0.05, 0) is 18.6 Å². The van der Waals surface area contributed by atoms with E-state index in [2.05, 4.69) is 5.32 Å². The van der Waals surface area contributed by atoms with Crippen LogP contribution in [0.15, 0.2) is 18.2 Å². The summed E-state index contributed by atoms with van der Waals surface area (Å²) in [5.41, 5.74) is 0.508. The molecule has 0 unspecified atom stereocenters. The van der Waals surface area contributed by atoms with Crippen LogP contribution in [0, 0.1) is 17.0 Å². The minimum Gasteiger partial charge on any atom is -0.339 e. The molecule has 8 nitrogen and oxygen atoms in total. The molecule has 0 spiro atoms. The maximum absolute atomic E-state index is 12.5. The minimum absolute atomic E-state index is 0.00520. The Balaban J connectivity index is 2.11. The SMILES string of the molecule is Cc1ccc([N+](=O)[O-])c(C(=O)N(C)CC(=O)N2CCNCC2)c1. The van der Waals surface area contributed by atoms with E-state index in [4.69, 9.17) is 0 Å². The molecule has 0 aromatic heterocycles. The molecular formula is C15H20N4O4. The highest BCUT2D eigenvalue weighted by Crippen LogP contribution is 2.21. The average molecular weight is 320 g/mol. The van der Waals surface area contributed by atoms with Gasteiger partial charge in [0.1, 0.15) is 5.56 Å². The van der Waals surface area contributed by atoms with E-state index in [-0.39, 0.29) is 23.7 Å². The summed E-state index contributed by atoms with van der Waals surface area (Å²) in [7, 11) is 1.48. The lowest BCUT2D eigenvalue weighted by Gasteiger charge is -2.29. The Morgan fingerprint density at radius 2 is 2.00 bits per heavy atom. The van der Waals surface area contributed by atoms with E-state index in [0.717, 1.165) is 18.7 Å². The maximum Gasteiger partial charge on any atom is 0.282 e. The number of rotatable bonds is 4. The van der Waals surface area contributed by atoms with Crippen molar-refractivity contribution in [2.24, 2.45) is 0 Å². The Bertz CT molecular complexity index is 626. The molecule has 0 saturated carbocycles. The number of hydrogen-bond donors (Lipinski definition) is 1. The van der Waals surface area contributed by atoms with Crippen molar-refractivity contribution in [2.45, 2.75) is 6.92 Å². The quantitative estimate of drug-likeness (QED) is 0.640. The van der Waals surface area contributed by atoms with Gasteiger partial charge in [-0.15, -0.1) is 0 Å². The van der Waals surface area contributed by atoms with Crippen molar-refractivity contribution >= 4 is 17.5 Å². The molecule has 1 aliphatic rings. The summed E-state index contributed by atoms with van der Waals surface area (Å²) in [6, 6.07) is 4.38. The summed E-state index contributed by atoms with van der Waals surface area (Å²) >= 11 is 0. The molecule has 2 amide bonds. The highest BCUT2D eigenvalue weighted by Gasteiger charge is 2.25. The second-order valence-electron chi connectivity index (χ2n) is 5.57. The van der Waals surface area contributed by atoms with Gasteiger partial charge >= 0.3 is 0 Å². The van der Waals surface area contributed by atoms with Crippen molar-refractivity contribution in [3.05, 3.63) is 39.4 Å². The first-order chi connectivity index (χ1) is 10.9. The molecule has 1 heterocycles. The van der Waals surface area contributed by atoms with Crippen molar-refractivity contribution in [3.63, 3.8) is 0 Å². The van der Waals surface area contributed by atoms with E-state index in [1.807, 2.05) is 0 Å². The summed E-state index contributed by atoms with van der Waals surface area (Å²) in [5, 5.41) is 14.2. The van der Waals surface area contributed by atoms with Crippen molar-refractivity contribution in [3.8, 4) is 0 Å². The monoisotopic (exact) mass is 320 g/mol. The lowest BCUT2D eigenvalue weighted by molar-refractivity contribution is -0.385. The van der Waals surface area contributed by atoms with Crippen molar-refractivity contribution in [2.75, 3.05) is 39.8 Å². The second kappa shape index (κ2) is 7.19. The topological polar surface area (TPSA) is 95.8 Å². The molecule has 23 heavy (non-hydrogen) atoms. The number of hydrogen-bond acceptors (Lipinski definition) is 5. The van der Waals surface area contributed by atoms with Gasteiger partial charge in [0.05, 0.1) is 11.5 Å². The average Bonchev–Trinajstić information content (AvgIpc) is 2.54. The fourth-order valence-corrected chi connectivity index (χ4v) is 2.47. The molecule has 8 heteroatoms. The van der Waals surface area contributed by atoms with E-state index in [1.165, 1.54) is 24.1 Å². The van der Waals surface area contributed by atoms with Gasteiger partial charge in [-0.1, -0.05) is 6.07 Å². The number of nitro groups is 1. The van der Waals surface area contributed by atoms with E-state index in [9.17, 15) is 19.7 Å². The highest BCUT2D eigenvalue weighted by atomic mass is 16.6. The smallest absolute Gasteiger partial charge is 0.282 e. The normalized spacial score (nSPS) is 14.4. The van der Waals surface area contributed by atoms with Crippen LogP contribution in [0.4, 0.5) is 5.69 Å². The van der Waals surface area contributed by atoms with Gasteiger partial charge in [-0.2, -0.15) is 0 Å². The summed E-state index contributed by atoms with van der Waals surface area (Å²) in [5.74, 6) is -0.679. The van der Waals surface area contributed by atoms with E-state index < -0.39 is 10.8 Å². The predicted octanol–water partition coefficient (Wildman–Crippen LogP) is 0.407. The molecule has 0 bridgehead atoms. The standard InChI is InChI=1S/C15H20N4O4/c1-11-3-4-13(19(22)23)12(9-11)15(21)17(2)10-14(20)18-7-5-16-6-8-18/h3-4,9,16H,5-8,10H2,1-2H3. The molecule has 1 aliphatic heterocycles. The summed E-state index contributed by atoms with van der Waals surface area (Å²) in [6.07, 6.45) is 0. The van der Waals surface area contributed by atoms with Crippen LogP contribution >= 0.6 is 0 Å². The molecule has 2 rings (SSSR count). The zero-order valence-corrected chi connectivity index (χ0v) is 13.2. The van der Waals surface area contributed by atoms with Gasteiger partial charge in [-0.25, -0.2) is 0 Å². The molecule has 0 atom stereocenters. The number of benzene rings is 1. The first-order valence-corrected chi connectivity index (χ1v) is 7.39. The molecule has 1 aromatic rings. The Morgan fingerprint density at radius 3 is 2.61 bits per heavy atom. The molecule has 1 fully saturated rings. The number of nitro benzene ring substituents is 1. The number of aryl methyl sites for hydroxylation is 1. The van der Waals surface area contributed by atoms with Gasteiger partial charge in [0.25, 0.3) is 11.6 Å². The first kappa shape index (κ1) is 16.9. The second-order valence-corrected chi connectivity index (χ2v) is 5.57. The number of carbonyl (C=O) groups excluding carboxylic acids is 2. The predicted molar refractivity (Wildman–Crippen MR) is 84.2 cm³/mol. The molecular weight excluding hydrogens is 300 g/mol. The van der Waals surface area contributed by atoms with Crippen molar-refractivity contribution < 1.29 is 14.5 Å². The Labute approximate surface area is 134 Å². The summed E-state index contributed by atoms with van der Waals surface area (Å²) in [4.78, 5) is 38.1. The number of nitrogens with zero attached hydrogens (tertiary/aromatic N) is 3. The molecule has 1 N–H and O–H groups in total. The first-order valence-electron chi connectivity index (χ1n) is 7.39. The van der Waals surface area contributed by atoms with Crippen LogP contribution < -0.4 is 5.32 Å². The fourth-order valence-electron chi connectivity index (χ4n) is 2.47. The van der Waals surface area contributed by atoms with E-state index in [0.29, 0.717) is 13.1 Å². The van der Waals surface area contributed by atoms with Crippen LogP contribution in [0.2, 0.25) is 0 Å². The van der Waals surface area contributed by atoms with Crippen LogP contribution in [-0.2, 0) is 4.79 Å². The van der Waals surface area contributed by atoms with Crippen molar-refractivity contribution in [1.82, 2.24) is 15.1 Å². The lowest BCUT2D eigenvalue weighted by Crippen LogP contribution is -2.49. The van der Waals surface area contributed by atoms with Gasteiger partial charge in [-0.3, -0.25) is 19.7 Å². The lowest BCUT2D eigenvalue weighted by atomic mass is 10.1. The van der Waals surface area contributed by atoms with Crippen LogP contribution in [0.1, 0.15) is 15.9 Å². The third-order valence-corrected chi connectivity index (χ3v) is 3.77. The largest absolute Gasteiger partial charge is 0.339 e. The summed E-state index contributed by atoms with van der Waals surface area (Å²) < 4.78 is 0. The van der Waals surface area contributed by atoms with Gasteiger partial charge in [0.2, 0.25) is 5.91 Å². The minimum atomic E-state index is -0.585. The van der Waals surface area contributed by atoms with E-state index >= 15 is 0 Å². The highest BCUT2D eigenvalue weighted by molar-refractivity contribution is 5.99. The van der Waals surface area contributed by atoms with Gasteiger partial charge in [0.15, 0.2) is 0 Å². The zero-order chi connectivity index (χ0) is 17.0. The number of likely N-dealkylation sites (N-methyl/N-ethyl adjacent to an activating group) is 1. The molecule has 0 aliphatic carbocycles. The van der Waals surface area contributed by atoms with Crippen molar-refractivity contribution in [1.29, 1.82) is 0 Å². The van der Waals surface area contributed by atoms with E-state index in [1.54, 1.807) is 17.9 Å². The Morgan fingerprint density at radius 1 is 1.35 bits per heavy atom. The molecule has 1 saturated heterocycles. The van der Waals surface area contributed by atoms with Gasteiger partial charge in [0, 0.05) is 39.3 Å². The number of nitrogens with one attached hydrogen (secondary N) is 1. The Kier molecular flexibility index (Phi) is 5.28. The van der Waals surface area contributed by atoms with Crippen LogP contribution in [-0.4, -0.2) is 66.3 Å². The number of carbonyl (C=O) groups is 2. The van der Waals surface area contributed by atoms with Crippen LogP contribution in [0.25, 0.3) is 0 Å². The number of amides is 2. The maximum atomic E-state index is 12.5. The third kappa shape index (κ3) is 4.04. The van der Waals surface area contributed by atoms with Gasteiger partial charge < -0.3 is 15.1 Å². The molecule has 124 valence electrons. The molecule has 1 aromatic carbocycles.